The summed E-state index contributed by atoms with van der Waals surface area (Å²) in [6.07, 6.45) is -1.17. The van der Waals surface area contributed by atoms with E-state index in [-0.39, 0.29) is 0 Å². The highest BCUT2D eigenvalue weighted by Gasteiger charge is 2.29. The molecule has 0 saturated carbocycles. The number of aromatic nitrogens is 3. The van der Waals surface area contributed by atoms with Crippen LogP contribution in [0.25, 0.3) is 0 Å². The Morgan fingerprint density at radius 3 is 2.31 bits per heavy atom. The van der Waals surface area contributed by atoms with E-state index in [1.54, 1.807) is 18.1 Å². The molecule has 3 rings (SSSR count). The summed E-state index contributed by atoms with van der Waals surface area (Å²) in [5.74, 6) is 0.562. The molecular formula is C20H21F3N6. The van der Waals surface area contributed by atoms with Gasteiger partial charge in [0, 0.05) is 20.1 Å². The van der Waals surface area contributed by atoms with Crippen molar-refractivity contribution >= 4 is 5.96 Å². The Hall–Kier alpha value is -3.36. The molecule has 152 valence electrons. The lowest BCUT2D eigenvalue weighted by atomic mass is 10.1. The lowest BCUT2D eigenvalue weighted by Crippen LogP contribution is -2.36. The Bertz CT molecular complexity index is 934. The number of nitrogens with zero attached hydrogens (tertiary/aromatic N) is 4. The van der Waals surface area contributed by atoms with Crippen LogP contribution in [0.3, 0.4) is 0 Å². The predicted molar refractivity (Wildman–Crippen MR) is 104 cm³/mol. The molecule has 0 bridgehead atoms. The van der Waals surface area contributed by atoms with Gasteiger partial charge in [-0.15, -0.1) is 0 Å². The highest BCUT2D eigenvalue weighted by Crippen LogP contribution is 2.29. The summed E-state index contributed by atoms with van der Waals surface area (Å²) in [5, 5.41) is 10.4. The number of rotatable bonds is 6. The molecule has 9 heteroatoms. The molecule has 0 aliphatic heterocycles. The highest BCUT2D eigenvalue weighted by atomic mass is 19.4. The summed E-state index contributed by atoms with van der Waals surface area (Å²) in [5.41, 5.74) is 2.24. The first-order valence-corrected chi connectivity index (χ1v) is 8.95. The summed E-state index contributed by atoms with van der Waals surface area (Å²) < 4.78 is 39.6. The Labute approximate surface area is 166 Å². The van der Waals surface area contributed by atoms with Gasteiger partial charge in [-0.25, -0.2) is 9.67 Å². The molecular weight excluding hydrogens is 381 g/mol. The normalized spacial score (nSPS) is 12.1. The number of benzene rings is 2. The molecule has 0 saturated heterocycles. The minimum absolute atomic E-state index is 0.365. The maximum atomic E-state index is 12.6. The minimum Gasteiger partial charge on any atom is -0.352 e. The van der Waals surface area contributed by atoms with Gasteiger partial charge >= 0.3 is 6.18 Å². The van der Waals surface area contributed by atoms with Crippen LogP contribution >= 0.6 is 0 Å². The zero-order valence-electron chi connectivity index (χ0n) is 15.8. The standard InChI is InChI=1S/C20H21F3N6/c1-24-19(26-10-15-5-7-18(8-6-15)20(21,22)23)27-11-16-3-2-4-17(9-16)12-29-14-25-13-28-29/h2-9,13-14H,10-12H2,1H3,(H2,24,26,27). The molecule has 0 radical (unpaired) electrons. The van der Waals surface area contributed by atoms with E-state index in [0.29, 0.717) is 25.6 Å². The maximum Gasteiger partial charge on any atom is 0.416 e. The number of hydrogen-bond donors (Lipinski definition) is 2. The molecule has 0 atom stereocenters. The van der Waals surface area contributed by atoms with E-state index >= 15 is 0 Å². The van der Waals surface area contributed by atoms with Gasteiger partial charge in [0.1, 0.15) is 12.7 Å². The number of alkyl halides is 3. The fourth-order valence-corrected chi connectivity index (χ4v) is 2.74. The SMILES string of the molecule is CN=C(NCc1ccc(C(F)(F)F)cc1)NCc1cccc(Cn2cncn2)c1. The van der Waals surface area contributed by atoms with Crippen molar-refractivity contribution in [1.82, 2.24) is 25.4 Å². The van der Waals surface area contributed by atoms with Crippen LogP contribution in [0.5, 0.6) is 0 Å². The van der Waals surface area contributed by atoms with Crippen LogP contribution in [0.15, 0.2) is 66.2 Å². The van der Waals surface area contributed by atoms with Gasteiger partial charge in [-0.05, 0) is 28.8 Å². The molecule has 0 fully saturated rings. The zero-order valence-corrected chi connectivity index (χ0v) is 15.8. The van der Waals surface area contributed by atoms with Crippen molar-refractivity contribution in [2.24, 2.45) is 4.99 Å². The van der Waals surface area contributed by atoms with Crippen LogP contribution in [0.4, 0.5) is 13.2 Å². The third-order valence-electron chi connectivity index (χ3n) is 4.23. The lowest BCUT2D eigenvalue weighted by molar-refractivity contribution is -0.137. The average molecular weight is 402 g/mol. The molecule has 3 aromatic rings. The molecule has 2 N–H and O–H groups in total. The first-order chi connectivity index (χ1) is 13.9. The Kier molecular flexibility index (Phi) is 6.48. The van der Waals surface area contributed by atoms with Crippen molar-refractivity contribution in [2.75, 3.05) is 7.05 Å². The quantitative estimate of drug-likeness (QED) is 0.491. The fraction of sp³-hybridized carbons (Fsp3) is 0.250. The van der Waals surface area contributed by atoms with E-state index in [4.69, 9.17) is 0 Å². The molecule has 0 unspecified atom stereocenters. The Balaban J connectivity index is 1.52. The minimum atomic E-state index is -4.33. The third-order valence-corrected chi connectivity index (χ3v) is 4.23. The van der Waals surface area contributed by atoms with E-state index in [0.717, 1.165) is 28.8 Å². The van der Waals surface area contributed by atoms with Gasteiger partial charge in [-0.3, -0.25) is 4.99 Å². The van der Waals surface area contributed by atoms with Gasteiger partial charge < -0.3 is 10.6 Å². The second kappa shape index (κ2) is 9.22. The summed E-state index contributed by atoms with van der Waals surface area (Å²) in [6, 6.07) is 13.1. The number of guanidine groups is 1. The van der Waals surface area contributed by atoms with Gasteiger partial charge in [0.2, 0.25) is 0 Å². The number of hydrogen-bond acceptors (Lipinski definition) is 3. The maximum absolute atomic E-state index is 12.6. The third kappa shape index (κ3) is 6.06. The van der Waals surface area contributed by atoms with Gasteiger partial charge in [0.15, 0.2) is 5.96 Å². The summed E-state index contributed by atoms with van der Waals surface area (Å²) >= 11 is 0. The molecule has 0 amide bonds. The van der Waals surface area contributed by atoms with Gasteiger partial charge in [0.25, 0.3) is 0 Å². The molecule has 0 spiro atoms. The molecule has 2 aromatic carbocycles. The van der Waals surface area contributed by atoms with Crippen LogP contribution in [0.1, 0.15) is 22.3 Å². The second-order valence-electron chi connectivity index (χ2n) is 6.39. The monoisotopic (exact) mass is 402 g/mol. The fourth-order valence-electron chi connectivity index (χ4n) is 2.74. The van der Waals surface area contributed by atoms with E-state index in [1.807, 2.05) is 18.2 Å². The number of halogens is 3. The number of nitrogens with one attached hydrogen (secondary N) is 2. The van der Waals surface area contributed by atoms with Crippen molar-refractivity contribution in [2.45, 2.75) is 25.8 Å². The van der Waals surface area contributed by atoms with Crippen molar-refractivity contribution in [3.8, 4) is 0 Å². The second-order valence-corrected chi connectivity index (χ2v) is 6.39. The molecule has 29 heavy (non-hydrogen) atoms. The topological polar surface area (TPSA) is 67.1 Å². The Morgan fingerprint density at radius 1 is 1.00 bits per heavy atom. The van der Waals surface area contributed by atoms with E-state index in [9.17, 15) is 13.2 Å². The summed E-state index contributed by atoms with van der Waals surface area (Å²) in [7, 11) is 1.64. The van der Waals surface area contributed by atoms with Crippen LogP contribution in [-0.2, 0) is 25.8 Å². The average Bonchev–Trinajstić information content (AvgIpc) is 3.21. The molecule has 1 heterocycles. The molecule has 0 aliphatic rings. The smallest absolute Gasteiger partial charge is 0.352 e. The first-order valence-electron chi connectivity index (χ1n) is 8.95. The van der Waals surface area contributed by atoms with Gasteiger partial charge in [-0.1, -0.05) is 36.4 Å². The summed E-state index contributed by atoms with van der Waals surface area (Å²) in [4.78, 5) is 8.08. The largest absolute Gasteiger partial charge is 0.416 e. The van der Waals surface area contributed by atoms with Crippen molar-refractivity contribution < 1.29 is 13.2 Å². The van der Waals surface area contributed by atoms with Crippen LogP contribution in [-0.4, -0.2) is 27.8 Å². The van der Waals surface area contributed by atoms with Gasteiger partial charge in [0.05, 0.1) is 12.1 Å². The van der Waals surface area contributed by atoms with E-state index in [2.05, 4.69) is 31.8 Å². The van der Waals surface area contributed by atoms with Crippen molar-refractivity contribution in [1.29, 1.82) is 0 Å². The van der Waals surface area contributed by atoms with E-state index < -0.39 is 11.7 Å². The van der Waals surface area contributed by atoms with Crippen LogP contribution in [0.2, 0.25) is 0 Å². The molecule has 0 aliphatic carbocycles. The summed E-state index contributed by atoms with van der Waals surface area (Å²) in [6.45, 7) is 1.55. The van der Waals surface area contributed by atoms with Crippen molar-refractivity contribution in [3.05, 3.63) is 83.4 Å². The molecule has 1 aromatic heterocycles. The lowest BCUT2D eigenvalue weighted by Gasteiger charge is -2.13. The van der Waals surface area contributed by atoms with E-state index in [1.165, 1.54) is 18.5 Å². The van der Waals surface area contributed by atoms with Crippen LogP contribution < -0.4 is 10.6 Å². The number of aliphatic imine (C=N–C) groups is 1. The highest BCUT2D eigenvalue weighted by molar-refractivity contribution is 5.79. The predicted octanol–water partition coefficient (Wildman–Crippen LogP) is 3.21. The van der Waals surface area contributed by atoms with Gasteiger partial charge in [-0.2, -0.15) is 18.3 Å². The zero-order chi connectivity index (χ0) is 20.7. The molecule has 6 nitrogen and oxygen atoms in total. The van der Waals surface area contributed by atoms with Crippen LogP contribution in [0, 0.1) is 0 Å². The Morgan fingerprint density at radius 2 is 1.69 bits per heavy atom. The van der Waals surface area contributed by atoms with Crippen molar-refractivity contribution in [3.63, 3.8) is 0 Å². The first kappa shape index (κ1) is 20.4.